The number of imide groups is 1. The fourth-order valence-electron chi connectivity index (χ4n) is 1.45. The van der Waals surface area contributed by atoms with E-state index in [9.17, 15) is 14.7 Å². The second kappa shape index (κ2) is 5.56. The van der Waals surface area contributed by atoms with Crippen molar-refractivity contribution in [2.24, 2.45) is 0 Å². The number of methoxy groups -OCH3 is 1. The van der Waals surface area contributed by atoms with E-state index in [1.807, 2.05) is 0 Å². The maximum atomic E-state index is 11.5. The van der Waals surface area contributed by atoms with Crippen molar-refractivity contribution >= 4 is 60.8 Å². The molecule has 5 nitrogen and oxygen atoms in total. The lowest BCUT2D eigenvalue weighted by molar-refractivity contribution is -0.115. The molecular formula is C11H7Br2NO4S. The minimum absolute atomic E-state index is 0.113. The van der Waals surface area contributed by atoms with Crippen LogP contribution in [0.3, 0.4) is 0 Å². The first-order chi connectivity index (χ1) is 8.93. The van der Waals surface area contributed by atoms with Crippen LogP contribution in [0.4, 0.5) is 4.79 Å². The maximum absolute atomic E-state index is 11.5. The number of ether oxygens (including phenoxy) is 1. The Morgan fingerprint density at radius 3 is 2.63 bits per heavy atom. The number of nitrogens with one attached hydrogen (secondary N) is 1. The van der Waals surface area contributed by atoms with Gasteiger partial charge < -0.3 is 9.84 Å². The van der Waals surface area contributed by atoms with Crippen LogP contribution in [0.5, 0.6) is 11.5 Å². The van der Waals surface area contributed by atoms with Crippen molar-refractivity contribution < 1.29 is 19.4 Å². The van der Waals surface area contributed by atoms with E-state index in [0.29, 0.717) is 14.5 Å². The molecule has 100 valence electrons. The molecule has 0 unspecified atom stereocenters. The number of halogens is 2. The third kappa shape index (κ3) is 2.80. The smallest absolute Gasteiger partial charge is 0.290 e. The molecule has 0 radical (unpaired) electrons. The van der Waals surface area contributed by atoms with Gasteiger partial charge in [0.2, 0.25) is 0 Å². The van der Waals surface area contributed by atoms with Gasteiger partial charge in [0.05, 0.1) is 12.0 Å². The fraction of sp³-hybridized carbons (Fsp3) is 0.0909. The van der Waals surface area contributed by atoms with Gasteiger partial charge in [-0.1, -0.05) is 0 Å². The molecule has 8 heteroatoms. The second-order valence-electron chi connectivity index (χ2n) is 3.49. The summed E-state index contributed by atoms with van der Waals surface area (Å²) in [5.74, 6) is -0.338. The van der Waals surface area contributed by atoms with Gasteiger partial charge in [0.15, 0.2) is 11.5 Å². The van der Waals surface area contributed by atoms with Gasteiger partial charge in [-0.25, -0.2) is 0 Å². The molecule has 2 N–H and O–H groups in total. The van der Waals surface area contributed by atoms with Gasteiger partial charge >= 0.3 is 0 Å². The number of aromatic hydroxyl groups is 1. The molecule has 0 aromatic heterocycles. The molecule has 2 amide bonds. The Balaban J connectivity index is 2.57. The van der Waals surface area contributed by atoms with Crippen molar-refractivity contribution in [1.29, 1.82) is 0 Å². The summed E-state index contributed by atoms with van der Waals surface area (Å²) >= 11 is 7.39. The lowest BCUT2D eigenvalue weighted by Gasteiger charge is -2.10. The molecule has 19 heavy (non-hydrogen) atoms. The molecule has 0 spiro atoms. The van der Waals surface area contributed by atoms with Crippen LogP contribution in [0.1, 0.15) is 5.56 Å². The predicted molar refractivity (Wildman–Crippen MR) is 79.2 cm³/mol. The second-order valence-corrected chi connectivity index (χ2v) is 6.15. The summed E-state index contributed by atoms with van der Waals surface area (Å²) in [6, 6.07) is 1.59. The minimum Gasteiger partial charge on any atom is -0.504 e. The Kier molecular flexibility index (Phi) is 4.22. The Bertz CT molecular complexity index is 615. The molecule has 1 aliphatic rings. The molecular weight excluding hydrogens is 402 g/mol. The third-order valence-electron chi connectivity index (χ3n) is 2.33. The molecule has 0 bridgehead atoms. The highest BCUT2D eigenvalue weighted by Crippen LogP contribution is 2.42. The van der Waals surface area contributed by atoms with E-state index >= 15 is 0 Å². The highest BCUT2D eigenvalue weighted by atomic mass is 79.9. The molecule has 1 aromatic rings. The highest BCUT2D eigenvalue weighted by molar-refractivity contribution is 9.13. The zero-order valence-electron chi connectivity index (χ0n) is 9.49. The lowest BCUT2D eigenvalue weighted by atomic mass is 10.1. The third-order valence-corrected chi connectivity index (χ3v) is 5.15. The van der Waals surface area contributed by atoms with E-state index in [0.717, 1.165) is 11.8 Å². The topological polar surface area (TPSA) is 75.6 Å². The number of phenolic OH excluding ortho intramolecular Hbond substituents is 1. The molecule has 0 aliphatic carbocycles. The number of carbonyl (C=O) groups is 2. The quantitative estimate of drug-likeness (QED) is 0.734. The Labute approximate surface area is 129 Å². The SMILES string of the molecule is COc1cc(Br)c(Br)c(/C=C2\SC(=O)NC2=O)c1O. The van der Waals surface area contributed by atoms with Crippen molar-refractivity contribution in [3.8, 4) is 11.5 Å². The van der Waals surface area contributed by atoms with Crippen molar-refractivity contribution in [3.05, 3.63) is 25.5 Å². The predicted octanol–water partition coefficient (Wildman–Crippen LogP) is 3.25. The largest absolute Gasteiger partial charge is 0.504 e. The minimum atomic E-state index is -0.486. The van der Waals surface area contributed by atoms with E-state index in [-0.39, 0.29) is 16.4 Å². The summed E-state index contributed by atoms with van der Waals surface area (Å²) in [6.07, 6.45) is 1.43. The summed E-state index contributed by atoms with van der Waals surface area (Å²) in [7, 11) is 1.42. The number of phenols is 1. The molecule has 0 atom stereocenters. The van der Waals surface area contributed by atoms with Crippen LogP contribution in [-0.4, -0.2) is 23.4 Å². The van der Waals surface area contributed by atoms with Crippen LogP contribution in [0.2, 0.25) is 0 Å². The number of hydrogen-bond donors (Lipinski definition) is 2. The maximum Gasteiger partial charge on any atom is 0.290 e. The zero-order valence-corrected chi connectivity index (χ0v) is 13.5. The van der Waals surface area contributed by atoms with E-state index in [4.69, 9.17) is 4.74 Å². The fourth-order valence-corrected chi connectivity index (χ4v) is 2.95. The lowest BCUT2D eigenvalue weighted by Crippen LogP contribution is -2.17. The summed E-state index contributed by atoms with van der Waals surface area (Å²) in [6.45, 7) is 0. The van der Waals surface area contributed by atoms with Crippen molar-refractivity contribution in [2.45, 2.75) is 0 Å². The van der Waals surface area contributed by atoms with Gasteiger partial charge in [0, 0.05) is 14.5 Å². The van der Waals surface area contributed by atoms with Gasteiger partial charge in [0.25, 0.3) is 11.1 Å². The van der Waals surface area contributed by atoms with Crippen molar-refractivity contribution in [1.82, 2.24) is 5.32 Å². The first kappa shape index (κ1) is 14.4. The first-order valence-corrected chi connectivity index (χ1v) is 7.34. The van der Waals surface area contributed by atoms with Gasteiger partial charge in [-0.3, -0.25) is 14.9 Å². The summed E-state index contributed by atoms with van der Waals surface area (Å²) in [4.78, 5) is 22.8. The summed E-state index contributed by atoms with van der Waals surface area (Å²) in [5, 5.41) is 11.8. The van der Waals surface area contributed by atoms with Gasteiger partial charge in [-0.2, -0.15) is 0 Å². The standard InChI is InChI=1S/C11H7Br2NO4S/c1-18-6-3-5(12)8(13)4(9(6)15)2-7-10(16)14-11(17)19-7/h2-3,15H,1H3,(H,14,16,17)/b7-2-. The monoisotopic (exact) mass is 407 g/mol. The van der Waals surface area contributed by atoms with Crippen LogP contribution in [-0.2, 0) is 4.79 Å². The number of amides is 2. The average Bonchev–Trinajstić information content (AvgIpc) is 2.68. The van der Waals surface area contributed by atoms with E-state index in [1.165, 1.54) is 13.2 Å². The highest BCUT2D eigenvalue weighted by Gasteiger charge is 2.26. The summed E-state index contributed by atoms with van der Waals surface area (Å²) < 4.78 is 6.25. The number of rotatable bonds is 2. The molecule has 1 aliphatic heterocycles. The Morgan fingerprint density at radius 2 is 2.11 bits per heavy atom. The van der Waals surface area contributed by atoms with Crippen LogP contribution in [0.25, 0.3) is 6.08 Å². The van der Waals surface area contributed by atoms with Crippen LogP contribution < -0.4 is 10.1 Å². The van der Waals surface area contributed by atoms with Crippen LogP contribution in [0, 0.1) is 0 Å². The Morgan fingerprint density at radius 1 is 1.42 bits per heavy atom. The van der Waals surface area contributed by atoms with Gasteiger partial charge in [0.1, 0.15) is 0 Å². The number of hydrogen-bond acceptors (Lipinski definition) is 5. The zero-order chi connectivity index (χ0) is 14.2. The molecule has 2 rings (SSSR count). The van der Waals surface area contributed by atoms with Crippen molar-refractivity contribution in [2.75, 3.05) is 7.11 Å². The molecule has 1 saturated heterocycles. The van der Waals surface area contributed by atoms with Crippen molar-refractivity contribution in [3.63, 3.8) is 0 Å². The molecule has 1 heterocycles. The number of thioether (sulfide) groups is 1. The Hall–Kier alpha value is -0.990. The number of benzene rings is 1. The summed E-state index contributed by atoms with van der Waals surface area (Å²) in [5.41, 5.74) is 0.360. The molecule has 0 saturated carbocycles. The van der Waals surface area contributed by atoms with Gasteiger partial charge in [-0.15, -0.1) is 0 Å². The van der Waals surface area contributed by atoms with Crippen LogP contribution in [0.15, 0.2) is 19.9 Å². The van der Waals surface area contributed by atoms with E-state index in [2.05, 4.69) is 37.2 Å². The normalized spacial score (nSPS) is 16.9. The first-order valence-electron chi connectivity index (χ1n) is 4.94. The number of carbonyl (C=O) groups excluding carboxylic acids is 2. The van der Waals surface area contributed by atoms with E-state index in [1.54, 1.807) is 6.07 Å². The van der Waals surface area contributed by atoms with Crippen LogP contribution >= 0.6 is 43.6 Å². The molecule has 1 fully saturated rings. The average molecular weight is 409 g/mol. The van der Waals surface area contributed by atoms with Gasteiger partial charge in [-0.05, 0) is 55.8 Å². The molecule has 1 aromatic carbocycles. The van der Waals surface area contributed by atoms with E-state index < -0.39 is 11.1 Å².